The number of aliphatic hydroxyl groups excluding tert-OH is 1. The number of benzene rings is 1. The zero-order valence-corrected chi connectivity index (χ0v) is 11.5. The molecule has 1 aliphatic rings. The van der Waals surface area contributed by atoms with Crippen molar-refractivity contribution in [2.75, 3.05) is 26.2 Å². The molecule has 1 N–H and O–H groups in total. The Morgan fingerprint density at radius 3 is 2.53 bits per heavy atom. The fourth-order valence-electron chi connectivity index (χ4n) is 2.46. The molecule has 2 rings (SSSR count). The number of carbonyl (C=O) groups is 1. The molecule has 1 aromatic rings. The van der Waals surface area contributed by atoms with Gasteiger partial charge in [-0.05, 0) is 11.1 Å². The maximum absolute atomic E-state index is 11.6. The van der Waals surface area contributed by atoms with Crippen LogP contribution in [0.4, 0.5) is 0 Å². The number of hydrogen-bond acceptors (Lipinski definition) is 3. The number of aliphatic hydroxyl groups is 1. The first-order valence-electron chi connectivity index (χ1n) is 6.91. The molecule has 0 bridgehead atoms. The van der Waals surface area contributed by atoms with Crippen molar-refractivity contribution in [3.8, 4) is 0 Å². The lowest BCUT2D eigenvalue weighted by molar-refractivity contribution is -0.132. The Hall–Kier alpha value is -1.39. The maximum Gasteiger partial charge on any atom is 0.222 e. The molecule has 0 unspecified atom stereocenters. The highest BCUT2D eigenvalue weighted by Crippen LogP contribution is 2.11. The van der Waals surface area contributed by atoms with Crippen molar-refractivity contribution in [1.29, 1.82) is 0 Å². The van der Waals surface area contributed by atoms with E-state index in [0.29, 0.717) is 6.42 Å². The van der Waals surface area contributed by atoms with Crippen molar-refractivity contribution in [2.24, 2.45) is 0 Å². The highest BCUT2D eigenvalue weighted by Gasteiger charge is 2.19. The Bertz CT molecular complexity index is 426. The first-order chi connectivity index (χ1) is 9.22. The van der Waals surface area contributed by atoms with Gasteiger partial charge < -0.3 is 10.0 Å². The lowest BCUT2D eigenvalue weighted by atomic mass is 10.1. The normalized spacial score (nSPS) is 16.6. The summed E-state index contributed by atoms with van der Waals surface area (Å²) in [6, 6.07) is 8.05. The van der Waals surface area contributed by atoms with Crippen LogP contribution in [0.3, 0.4) is 0 Å². The molecule has 0 saturated carbocycles. The molecule has 4 heteroatoms. The van der Waals surface area contributed by atoms with Gasteiger partial charge in [-0.1, -0.05) is 31.2 Å². The van der Waals surface area contributed by atoms with E-state index in [4.69, 9.17) is 5.11 Å². The molecular formula is C15H22N2O2. The quantitative estimate of drug-likeness (QED) is 0.887. The topological polar surface area (TPSA) is 43.8 Å². The van der Waals surface area contributed by atoms with E-state index in [0.717, 1.165) is 38.3 Å². The minimum Gasteiger partial charge on any atom is -0.392 e. The van der Waals surface area contributed by atoms with Crippen molar-refractivity contribution in [3.05, 3.63) is 35.4 Å². The molecular weight excluding hydrogens is 240 g/mol. The van der Waals surface area contributed by atoms with Gasteiger partial charge in [-0.3, -0.25) is 9.69 Å². The second kappa shape index (κ2) is 6.68. The molecule has 0 radical (unpaired) electrons. The van der Waals surface area contributed by atoms with E-state index in [9.17, 15) is 4.79 Å². The van der Waals surface area contributed by atoms with Gasteiger partial charge in [-0.15, -0.1) is 0 Å². The van der Waals surface area contributed by atoms with Crippen LogP contribution in [-0.4, -0.2) is 47.0 Å². The largest absolute Gasteiger partial charge is 0.392 e. The summed E-state index contributed by atoms with van der Waals surface area (Å²) in [6.45, 7) is 6.40. The minimum atomic E-state index is 0.0899. The monoisotopic (exact) mass is 262 g/mol. The Morgan fingerprint density at radius 1 is 1.21 bits per heavy atom. The van der Waals surface area contributed by atoms with E-state index in [-0.39, 0.29) is 12.5 Å². The third-order valence-electron chi connectivity index (χ3n) is 3.61. The van der Waals surface area contributed by atoms with E-state index in [1.807, 2.05) is 30.0 Å². The summed E-state index contributed by atoms with van der Waals surface area (Å²) in [7, 11) is 0. The van der Waals surface area contributed by atoms with Crippen molar-refractivity contribution >= 4 is 5.91 Å². The van der Waals surface area contributed by atoms with Gasteiger partial charge >= 0.3 is 0 Å². The third-order valence-corrected chi connectivity index (χ3v) is 3.61. The summed E-state index contributed by atoms with van der Waals surface area (Å²) in [4.78, 5) is 15.9. The first-order valence-corrected chi connectivity index (χ1v) is 6.91. The Morgan fingerprint density at radius 2 is 1.89 bits per heavy atom. The molecule has 104 valence electrons. The van der Waals surface area contributed by atoms with E-state index < -0.39 is 0 Å². The lowest BCUT2D eigenvalue weighted by Crippen LogP contribution is -2.48. The number of hydrogen-bond donors (Lipinski definition) is 1. The number of piperazine rings is 1. The van der Waals surface area contributed by atoms with Gasteiger partial charge in [0.15, 0.2) is 0 Å². The molecule has 1 aliphatic heterocycles. The van der Waals surface area contributed by atoms with Crippen LogP contribution < -0.4 is 0 Å². The summed E-state index contributed by atoms with van der Waals surface area (Å²) in [5.74, 6) is 0.252. The van der Waals surface area contributed by atoms with E-state index in [1.54, 1.807) is 0 Å². The summed E-state index contributed by atoms with van der Waals surface area (Å²) in [5.41, 5.74) is 2.18. The van der Waals surface area contributed by atoms with Crippen molar-refractivity contribution in [1.82, 2.24) is 9.80 Å². The van der Waals surface area contributed by atoms with E-state index in [2.05, 4.69) is 11.0 Å². The van der Waals surface area contributed by atoms with Crippen LogP contribution in [0.1, 0.15) is 24.5 Å². The second-order valence-corrected chi connectivity index (χ2v) is 4.99. The molecule has 1 heterocycles. The molecule has 1 aromatic carbocycles. The third kappa shape index (κ3) is 3.78. The molecule has 1 amide bonds. The standard InChI is InChI=1S/C15H22N2O2/c1-2-15(19)17-8-6-16(7-9-17)11-13-4-3-5-14(10-13)12-18/h3-5,10,18H,2,6-9,11-12H2,1H3. The van der Waals surface area contributed by atoms with Crippen LogP contribution in [0, 0.1) is 0 Å². The molecule has 0 atom stereocenters. The second-order valence-electron chi connectivity index (χ2n) is 4.99. The van der Waals surface area contributed by atoms with E-state index in [1.165, 1.54) is 5.56 Å². The van der Waals surface area contributed by atoms with Gasteiger partial charge in [-0.25, -0.2) is 0 Å². The molecule has 0 spiro atoms. The molecule has 1 fully saturated rings. The number of carbonyl (C=O) groups excluding carboxylic acids is 1. The van der Waals surface area contributed by atoms with Crippen molar-refractivity contribution in [3.63, 3.8) is 0 Å². The molecule has 0 aliphatic carbocycles. The smallest absolute Gasteiger partial charge is 0.222 e. The predicted molar refractivity (Wildman–Crippen MR) is 74.5 cm³/mol. The molecule has 1 saturated heterocycles. The fourth-order valence-corrected chi connectivity index (χ4v) is 2.46. The Labute approximate surface area is 114 Å². The van der Waals surface area contributed by atoms with Crippen LogP contribution in [0.2, 0.25) is 0 Å². The molecule has 19 heavy (non-hydrogen) atoms. The van der Waals surface area contributed by atoms with Crippen LogP contribution in [0.25, 0.3) is 0 Å². The zero-order chi connectivity index (χ0) is 13.7. The summed E-state index contributed by atoms with van der Waals surface area (Å²) in [6.07, 6.45) is 0.596. The Kier molecular flexibility index (Phi) is 4.93. The minimum absolute atomic E-state index is 0.0899. The molecule has 4 nitrogen and oxygen atoms in total. The van der Waals surface area contributed by atoms with E-state index >= 15 is 0 Å². The average molecular weight is 262 g/mol. The van der Waals surface area contributed by atoms with Crippen LogP contribution in [0.15, 0.2) is 24.3 Å². The summed E-state index contributed by atoms with van der Waals surface area (Å²) in [5, 5.41) is 9.13. The van der Waals surface area contributed by atoms with Gasteiger partial charge in [0.2, 0.25) is 5.91 Å². The highest BCUT2D eigenvalue weighted by atomic mass is 16.3. The fraction of sp³-hybridized carbons (Fsp3) is 0.533. The van der Waals surface area contributed by atoms with Crippen LogP contribution in [0.5, 0.6) is 0 Å². The van der Waals surface area contributed by atoms with Crippen molar-refractivity contribution < 1.29 is 9.90 Å². The summed E-state index contributed by atoms with van der Waals surface area (Å²) < 4.78 is 0. The molecule has 0 aromatic heterocycles. The van der Waals surface area contributed by atoms with Gasteiger partial charge in [0, 0.05) is 39.1 Å². The SMILES string of the molecule is CCC(=O)N1CCN(Cc2cccc(CO)c2)CC1. The number of amides is 1. The Balaban J connectivity index is 1.86. The van der Waals surface area contributed by atoms with Crippen LogP contribution in [-0.2, 0) is 17.9 Å². The zero-order valence-electron chi connectivity index (χ0n) is 11.5. The highest BCUT2D eigenvalue weighted by molar-refractivity contribution is 5.75. The van der Waals surface area contributed by atoms with Gasteiger partial charge in [-0.2, -0.15) is 0 Å². The number of nitrogens with zero attached hydrogens (tertiary/aromatic N) is 2. The lowest BCUT2D eigenvalue weighted by Gasteiger charge is -2.34. The summed E-state index contributed by atoms with van der Waals surface area (Å²) >= 11 is 0. The van der Waals surface area contributed by atoms with Gasteiger partial charge in [0.25, 0.3) is 0 Å². The predicted octanol–water partition coefficient (Wildman–Crippen LogP) is 1.23. The first kappa shape index (κ1) is 14.0. The average Bonchev–Trinajstić information content (AvgIpc) is 2.47. The van der Waals surface area contributed by atoms with Crippen LogP contribution >= 0.6 is 0 Å². The van der Waals surface area contributed by atoms with Gasteiger partial charge in [0.05, 0.1) is 6.61 Å². The van der Waals surface area contributed by atoms with Crippen molar-refractivity contribution in [2.45, 2.75) is 26.5 Å². The number of rotatable bonds is 4. The maximum atomic E-state index is 11.6. The van der Waals surface area contributed by atoms with Gasteiger partial charge in [0.1, 0.15) is 0 Å².